The summed E-state index contributed by atoms with van der Waals surface area (Å²) in [7, 11) is 3.35. The van der Waals surface area contributed by atoms with Crippen LogP contribution in [0.4, 0.5) is 4.79 Å². The van der Waals surface area contributed by atoms with E-state index < -0.39 is 11.7 Å². The number of amidine groups is 1. The summed E-state index contributed by atoms with van der Waals surface area (Å²) in [6.45, 7) is 6.09. The van der Waals surface area contributed by atoms with Gasteiger partial charge in [0.15, 0.2) is 12.6 Å². The molecule has 0 fully saturated rings. The molecule has 11 heteroatoms. The van der Waals surface area contributed by atoms with Crippen molar-refractivity contribution >= 4 is 29.4 Å². The van der Waals surface area contributed by atoms with Crippen LogP contribution in [-0.2, 0) is 16.1 Å². The Labute approximate surface area is 190 Å². The summed E-state index contributed by atoms with van der Waals surface area (Å²) < 4.78 is 7.26. The molecule has 0 saturated carbocycles. The fourth-order valence-electron chi connectivity index (χ4n) is 3.56. The number of rotatable bonds is 3. The van der Waals surface area contributed by atoms with E-state index in [2.05, 4.69) is 10.1 Å². The van der Waals surface area contributed by atoms with Crippen LogP contribution in [0.5, 0.6) is 0 Å². The van der Waals surface area contributed by atoms with Crippen LogP contribution in [0.1, 0.15) is 42.5 Å². The van der Waals surface area contributed by atoms with Crippen LogP contribution in [0.15, 0.2) is 29.7 Å². The Morgan fingerprint density at radius 3 is 2.81 bits per heavy atom. The fourth-order valence-corrected chi connectivity index (χ4v) is 3.82. The number of hydrogen-bond donors (Lipinski definition) is 0. The molecule has 0 saturated heterocycles. The number of nitrogens with zero attached hydrogens (tertiary/aromatic N) is 6. The lowest BCUT2D eigenvalue weighted by atomic mass is 10.1. The molecule has 0 unspecified atom stereocenters. The molecule has 1 aromatic heterocycles. The van der Waals surface area contributed by atoms with Gasteiger partial charge in [0.1, 0.15) is 24.3 Å². The number of amides is 2. The summed E-state index contributed by atoms with van der Waals surface area (Å²) in [6.07, 6.45) is 1.18. The summed E-state index contributed by atoms with van der Waals surface area (Å²) in [5, 5.41) is 4.54. The Kier molecular flexibility index (Phi) is 5.49. The van der Waals surface area contributed by atoms with Crippen LogP contribution in [0.25, 0.3) is 5.69 Å². The van der Waals surface area contributed by atoms with Gasteiger partial charge in [-0.2, -0.15) is 0 Å². The molecule has 0 radical (unpaired) electrons. The van der Waals surface area contributed by atoms with Crippen LogP contribution in [0.3, 0.4) is 0 Å². The van der Waals surface area contributed by atoms with Gasteiger partial charge in [-0.3, -0.25) is 19.2 Å². The highest BCUT2D eigenvalue weighted by atomic mass is 35.5. The third-order valence-electron chi connectivity index (χ3n) is 5.03. The highest BCUT2D eigenvalue weighted by Crippen LogP contribution is 2.31. The van der Waals surface area contributed by atoms with Gasteiger partial charge in [-0.15, -0.1) is 0 Å². The number of halogens is 1. The second-order valence-corrected chi connectivity index (χ2v) is 9.14. The number of fused-ring (bicyclic) bond motifs is 3. The zero-order valence-corrected chi connectivity index (χ0v) is 19.4. The van der Waals surface area contributed by atoms with Gasteiger partial charge in [0.25, 0.3) is 5.91 Å². The van der Waals surface area contributed by atoms with E-state index >= 15 is 0 Å². The molecule has 2 aliphatic heterocycles. The Hall–Kier alpha value is -3.27. The van der Waals surface area contributed by atoms with Crippen molar-refractivity contribution in [2.45, 2.75) is 32.9 Å². The van der Waals surface area contributed by atoms with Crippen molar-refractivity contribution in [1.29, 1.82) is 0 Å². The third kappa shape index (κ3) is 3.97. The van der Waals surface area contributed by atoms with Crippen molar-refractivity contribution in [3.05, 3.63) is 46.5 Å². The number of aromatic nitrogens is 2. The first-order chi connectivity index (χ1) is 15.1. The molecule has 3 heterocycles. The van der Waals surface area contributed by atoms with Gasteiger partial charge < -0.3 is 14.5 Å². The minimum Gasteiger partial charge on any atom is -0.444 e. The number of oxime groups is 1. The summed E-state index contributed by atoms with van der Waals surface area (Å²) in [5.74, 6) is 0.298. The van der Waals surface area contributed by atoms with Crippen molar-refractivity contribution in [2.75, 3.05) is 27.5 Å². The van der Waals surface area contributed by atoms with Gasteiger partial charge in [0.2, 0.25) is 0 Å². The molecule has 2 aliphatic rings. The van der Waals surface area contributed by atoms with E-state index in [1.807, 2.05) is 31.4 Å². The van der Waals surface area contributed by atoms with Crippen molar-refractivity contribution < 1.29 is 19.2 Å². The van der Waals surface area contributed by atoms with Gasteiger partial charge in [0, 0.05) is 14.1 Å². The Balaban J connectivity index is 1.65. The molecule has 4 rings (SSSR count). The highest BCUT2D eigenvalue weighted by Gasteiger charge is 2.33. The van der Waals surface area contributed by atoms with Crippen LogP contribution >= 0.6 is 11.6 Å². The van der Waals surface area contributed by atoms with Crippen LogP contribution in [-0.4, -0.2) is 75.2 Å². The Morgan fingerprint density at radius 2 is 2.09 bits per heavy atom. The quantitative estimate of drug-likeness (QED) is 0.699. The minimum atomic E-state index is -0.600. The van der Waals surface area contributed by atoms with Gasteiger partial charge in [0.05, 0.1) is 28.5 Å². The van der Waals surface area contributed by atoms with Gasteiger partial charge in [-0.25, -0.2) is 9.78 Å². The maximum Gasteiger partial charge on any atom is 0.411 e. The zero-order chi connectivity index (χ0) is 23.2. The molecule has 0 atom stereocenters. The second kappa shape index (κ2) is 8.01. The molecule has 0 aliphatic carbocycles. The predicted molar refractivity (Wildman–Crippen MR) is 118 cm³/mol. The molecule has 2 amide bonds. The first kappa shape index (κ1) is 21.9. The minimum absolute atomic E-state index is 0.159. The second-order valence-electron chi connectivity index (χ2n) is 8.74. The average Bonchev–Trinajstić information content (AvgIpc) is 3.30. The summed E-state index contributed by atoms with van der Waals surface area (Å²) >= 11 is 6.35. The number of imidazole rings is 1. The zero-order valence-electron chi connectivity index (χ0n) is 18.6. The topological polar surface area (TPSA) is 92.5 Å². The predicted octanol–water partition coefficient (Wildman–Crippen LogP) is 2.89. The monoisotopic (exact) mass is 460 g/mol. The first-order valence-corrected chi connectivity index (χ1v) is 10.4. The van der Waals surface area contributed by atoms with Gasteiger partial charge >= 0.3 is 6.09 Å². The molecule has 0 spiro atoms. The molecule has 0 bridgehead atoms. The molecule has 0 N–H and O–H groups in total. The Bertz CT molecular complexity index is 1110. The van der Waals surface area contributed by atoms with E-state index in [1.54, 1.807) is 42.4 Å². The van der Waals surface area contributed by atoms with E-state index in [0.717, 1.165) is 5.69 Å². The molecule has 170 valence electrons. The lowest BCUT2D eigenvalue weighted by Gasteiger charge is -2.28. The number of carbonyl (C=O) groups excluding carboxylic acids is 2. The van der Waals surface area contributed by atoms with Crippen molar-refractivity contribution in [1.82, 2.24) is 24.3 Å². The van der Waals surface area contributed by atoms with Gasteiger partial charge in [-0.1, -0.05) is 22.8 Å². The van der Waals surface area contributed by atoms with Crippen LogP contribution in [0, 0.1) is 0 Å². The van der Waals surface area contributed by atoms with Crippen molar-refractivity contribution in [2.24, 2.45) is 5.16 Å². The standard InChI is InChI=1S/C21H25ClN6O4/c1-21(2,3)32-20(30)26(5)11-27-12-31-24-18(27)17-15-9-25(4)19(29)16-13(22)7-6-8-14(16)28(15)10-23-17/h6-8,10H,9,11-12H2,1-5H3. The number of carbonyl (C=O) groups is 2. The first-order valence-electron chi connectivity index (χ1n) is 10.1. The number of ether oxygens (including phenoxy) is 1. The highest BCUT2D eigenvalue weighted by molar-refractivity contribution is 6.34. The number of benzene rings is 1. The van der Waals surface area contributed by atoms with E-state index in [-0.39, 0.29) is 19.3 Å². The lowest BCUT2D eigenvalue weighted by Crippen LogP contribution is -2.43. The Morgan fingerprint density at radius 1 is 1.34 bits per heavy atom. The fraction of sp³-hybridized carbons (Fsp3) is 0.429. The molecular weight excluding hydrogens is 436 g/mol. The normalized spacial score (nSPS) is 15.6. The maximum atomic E-state index is 12.9. The lowest BCUT2D eigenvalue weighted by molar-refractivity contribution is 0.0178. The van der Waals surface area contributed by atoms with Crippen molar-refractivity contribution in [3.63, 3.8) is 0 Å². The van der Waals surface area contributed by atoms with Crippen LogP contribution < -0.4 is 0 Å². The maximum absolute atomic E-state index is 12.9. The summed E-state index contributed by atoms with van der Waals surface area (Å²) in [4.78, 5) is 40.0. The van der Waals surface area contributed by atoms with Crippen molar-refractivity contribution in [3.8, 4) is 5.69 Å². The molecule has 10 nitrogen and oxygen atoms in total. The van der Waals surface area contributed by atoms with Gasteiger partial charge in [-0.05, 0) is 32.9 Å². The average molecular weight is 461 g/mol. The molecule has 32 heavy (non-hydrogen) atoms. The van der Waals surface area contributed by atoms with E-state index in [0.29, 0.717) is 34.3 Å². The molecular formula is C21H25ClN6O4. The van der Waals surface area contributed by atoms with Crippen LogP contribution in [0.2, 0.25) is 5.02 Å². The van der Waals surface area contributed by atoms with E-state index in [1.165, 1.54) is 4.90 Å². The molecule has 1 aromatic carbocycles. The largest absolute Gasteiger partial charge is 0.444 e. The van der Waals surface area contributed by atoms with E-state index in [4.69, 9.17) is 21.2 Å². The smallest absolute Gasteiger partial charge is 0.411 e. The summed E-state index contributed by atoms with van der Waals surface area (Å²) in [5.41, 5.74) is 1.79. The number of hydrogen-bond acceptors (Lipinski definition) is 7. The third-order valence-corrected chi connectivity index (χ3v) is 5.34. The SMILES string of the molecule is CN(CN1CON=C1c1ncn2c1CN(C)C(=O)c1c(Cl)cccc1-2)C(=O)OC(C)(C)C. The van der Waals surface area contributed by atoms with E-state index in [9.17, 15) is 9.59 Å². The summed E-state index contributed by atoms with van der Waals surface area (Å²) in [6, 6.07) is 5.31. The molecule has 2 aromatic rings.